The van der Waals surface area contributed by atoms with Gasteiger partial charge in [0.1, 0.15) is 0 Å². The molecule has 1 aromatic carbocycles. The fourth-order valence-corrected chi connectivity index (χ4v) is 2.50. The van der Waals surface area contributed by atoms with E-state index >= 15 is 0 Å². The van der Waals surface area contributed by atoms with E-state index < -0.39 is 5.97 Å². The Hall–Kier alpha value is -1.75. The molecule has 116 valence electrons. The molecule has 21 heavy (non-hydrogen) atoms. The second kappa shape index (κ2) is 7.31. The van der Waals surface area contributed by atoms with Gasteiger partial charge in [0.15, 0.2) is 11.5 Å². The lowest BCUT2D eigenvalue weighted by Gasteiger charge is -2.27. The van der Waals surface area contributed by atoms with E-state index in [1.54, 1.807) is 0 Å². The average molecular weight is 293 g/mol. The molecule has 0 aliphatic carbocycles. The van der Waals surface area contributed by atoms with E-state index in [0.29, 0.717) is 19.8 Å². The summed E-state index contributed by atoms with van der Waals surface area (Å²) in [7, 11) is 0. The van der Waals surface area contributed by atoms with Gasteiger partial charge in [-0.25, -0.2) is 0 Å². The van der Waals surface area contributed by atoms with Gasteiger partial charge in [0.05, 0.1) is 19.6 Å². The molecule has 0 fully saturated rings. The lowest BCUT2D eigenvalue weighted by molar-refractivity contribution is -0.138. The number of fused-ring (bicyclic) bond motifs is 1. The van der Waals surface area contributed by atoms with Crippen molar-refractivity contribution in [2.24, 2.45) is 0 Å². The van der Waals surface area contributed by atoms with Crippen LogP contribution in [0.1, 0.15) is 32.3 Å². The first-order chi connectivity index (χ1) is 10.1. The van der Waals surface area contributed by atoms with Crippen molar-refractivity contribution in [3.8, 4) is 11.5 Å². The van der Waals surface area contributed by atoms with Crippen molar-refractivity contribution in [2.75, 3.05) is 19.8 Å². The summed E-state index contributed by atoms with van der Waals surface area (Å²) in [5.74, 6) is 0.810. The van der Waals surface area contributed by atoms with Gasteiger partial charge in [0.2, 0.25) is 0 Å². The Balaban J connectivity index is 2.07. The zero-order valence-electron chi connectivity index (χ0n) is 12.7. The smallest absolute Gasteiger partial charge is 0.304 e. The van der Waals surface area contributed by atoms with Crippen LogP contribution in [0.3, 0.4) is 0 Å². The summed E-state index contributed by atoms with van der Waals surface area (Å²) in [4.78, 5) is 13.0. The molecule has 0 saturated carbocycles. The number of carboxylic acid groups (broad SMARTS) is 1. The fraction of sp³-hybridized carbons (Fsp3) is 0.562. The first-order valence-corrected chi connectivity index (χ1v) is 7.44. The Morgan fingerprint density at radius 1 is 1.33 bits per heavy atom. The minimum Gasteiger partial charge on any atom is -0.490 e. The van der Waals surface area contributed by atoms with Crippen LogP contribution in [-0.4, -0.2) is 41.8 Å². The van der Waals surface area contributed by atoms with E-state index in [2.05, 4.69) is 4.90 Å². The molecule has 1 N–H and O–H groups in total. The maximum atomic E-state index is 10.8. The van der Waals surface area contributed by atoms with Gasteiger partial charge >= 0.3 is 5.97 Å². The van der Waals surface area contributed by atoms with E-state index in [0.717, 1.165) is 30.0 Å². The molecule has 5 nitrogen and oxygen atoms in total. The van der Waals surface area contributed by atoms with Crippen LogP contribution in [0.25, 0.3) is 0 Å². The summed E-state index contributed by atoms with van der Waals surface area (Å²) in [5, 5.41) is 8.92. The summed E-state index contributed by atoms with van der Waals surface area (Å²) in [6, 6.07) is 5.95. The van der Waals surface area contributed by atoms with E-state index in [4.69, 9.17) is 14.6 Å². The minimum atomic E-state index is -0.764. The molecular formula is C16H23NO4. The highest BCUT2D eigenvalue weighted by atomic mass is 16.5. The summed E-state index contributed by atoms with van der Waals surface area (Å²) >= 11 is 0. The number of nitrogens with zero attached hydrogens (tertiary/aromatic N) is 1. The van der Waals surface area contributed by atoms with Crippen molar-refractivity contribution in [3.63, 3.8) is 0 Å². The van der Waals surface area contributed by atoms with Crippen LogP contribution < -0.4 is 9.47 Å². The molecule has 1 aliphatic heterocycles. The first kappa shape index (κ1) is 15.6. The van der Waals surface area contributed by atoms with Crippen molar-refractivity contribution in [1.29, 1.82) is 0 Å². The van der Waals surface area contributed by atoms with Crippen molar-refractivity contribution in [3.05, 3.63) is 23.8 Å². The lowest BCUT2D eigenvalue weighted by atomic mass is 10.1. The second-order valence-electron chi connectivity index (χ2n) is 5.34. The molecule has 0 spiro atoms. The van der Waals surface area contributed by atoms with E-state index in [-0.39, 0.29) is 12.5 Å². The van der Waals surface area contributed by atoms with Crippen LogP contribution in [0.15, 0.2) is 18.2 Å². The van der Waals surface area contributed by atoms with E-state index in [1.165, 1.54) is 0 Å². The second-order valence-corrected chi connectivity index (χ2v) is 5.34. The number of hydrogen-bond donors (Lipinski definition) is 1. The maximum Gasteiger partial charge on any atom is 0.304 e. The molecule has 0 aromatic heterocycles. The summed E-state index contributed by atoms with van der Waals surface area (Å²) in [6.07, 6.45) is 1.04. The van der Waals surface area contributed by atoms with E-state index in [1.807, 2.05) is 32.0 Å². The predicted octanol–water partition coefficient (Wildman–Crippen LogP) is 2.53. The van der Waals surface area contributed by atoms with Crippen molar-refractivity contribution in [1.82, 2.24) is 4.90 Å². The largest absolute Gasteiger partial charge is 0.490 e. The third-order valence-corrected chi connectivity index (χ3v) is 3.70. The Bertz CT molecular complexity index is 489. The highest BCUT2D eigenvalue weighted by Crippen LogP contribution is 2.31. The topological polar surface area (TPSA) is 59.0 Å². The Kier molecular flexibility index (Phi) is 5.44. The molecule has 1 aromatic rings. The average Bonchev–Trinajstić information content (AvgIpc) is 2.68. The van der Waals surface area contributed by atoms with Crippen molar-refractivity contribution in [2.45, 2.75) is 39.3 Å². The zero-order valence-corrected chi connectivity index (χ0v) is 12.7. The summed E-state index contributed by atoms with van der Waals surface area (Å²) < 4.78 is 11.3. The van der Waals surface area contributed by atoms with Crippen LogP contribution in [0.5, 0.6) is 11.5 Å². The number of ether oxygens (including phenoxy) is 2. The van der Waals surface area contributed by atoms with Gasteiger partial charge in [-0.05, 0) is 31.2 Å². The molecule has 0 amide bonds. The number of benzene rings is 1. The summed E-state index contributed by atoms with van der Waals surface area (Å²) in [6.45, 7) is 6.86. The molecule has 1 atom stereocenters. The standard InChI is InChI=1S/C16H23NO4/c1-3-17(12(2)9-16(18)19)11-13-5-6-14-15(10-13)21-8-4-7-20-14/h5-6,10,12H,3-4,7-9,11H2,1-2H3,(H,18,19). The third-order valence-electron chi connectivity index (χ3n) is 3.70. The van der Waals surface area contributed by atoms with Gasteiger partial charge in [-0.1, -0.05) is 13.0 Å². The molecule has 5 heteroatoms. The Morgan fingerprint density at radius 3 is 2.71 bits per heavy atom. The minimum absolute atomic E-state index is 0.00322. The predicted molar refractivity (Wildman–Crippen MR) is 79.8 cm³/mol. The van der Waals surface area contributed by atoms with Gasteiger partial charge in [-0.15, -0.1) is 0 Å². The maximum absolute atomic E-state index is 10.8. The fourth-order valence-electron chi connectivity index (χ4n) is 2.50. The number of carbonyl (C=O) groups is 1. The Labute approximate surface area is 125 Å². The monoisotopic (exact) mass is 293 g/mol. The molecule has 1 aliphatic rings. The lowest BCUT2D eigenvalue weighted by Crippen LogP contribution is -2.34. The number of hydrogen-bond acceptors (Lipinski definition) is 4. The highest BCUT2D eigenvalue weighted by molar-refractivity contribution is 5.67. The van der Waals surface area contributed by atoms with Gasteiger partial charge < -0.3 is 14.6 Å². The first-order valence-electron chi connectivity index (χ1n) is 7.44. The van der Waals surface area contributed by atoms with Crippen LogP contribution in [-0.2, 0) is 11.3 Å². The van der Waals surface area contributed by atoms with E-state index in [9.17, 15) is 4.79 Å². The third kappa shape index (κ3) is 4.36. The molecular weight excluding hydrogens is 270 g/mol. The zero-order chi connectivity index (χ0) is 15.2. The van der Waals surface area contributed by atoms with Gasteiger partial charge in [-0.3, -0.25) is 9.69 Å². The van der Waals surface area contributed by atoms with Gasteiger partial charge in [0.25, 0.3) is 0 Å². The van der Waals surface area contributed by atoms with Crippen LogP contribution in [0.2, 0.25) is 0 Å². The number of aliphatic carboxylic acids is 1. The van der Waals surface area contributed by atoms with Crippen molar-refractivity contribution >= 4 is 5.97 Å². The van der Waals surface area contributed by atoms with Crippen LogP contribution in [0.4, 0.5) is 0 Å². The van der Waals surface area contributed by atoms with Gasteiger partial charge in [-0.2, -0.15) is 0 Å². The molecule has 0 bridgehead atoms. The number of rotatable bonds is 6. The van der Waals surface area contributed by atoms with Crippen LogP contribution in [0, 0.1) is 0 Å². The molecule has 0 radical (unpaired) electrons. The summed E-state index contributed by atoms with van der Waals surface area (Å²) in [5.41, 5.74) is 1.11. The quantitative estimate of drug-likeness (QED) is 0.873. The molecule has 1 unspecified atom stereocenters. The normalized spacial score (nSPS) is 15.6. The van der Waals surface area contributed by atoms with Crippen molar-refractivity contribution < 1.29 is 19.4 Å². The number of carboxylic acids is 1. The molecule has 0 saturated heterocycles. The van der Waals surface area contributed by atoms with Gasteiger partial charge in [0, 0.05) is 19.0 Å². The Morgan fingerprint density at radius 2 is 2.05 bits per heavy atom. The molecule has 2 rings (SSSR count). The highest BCUT2D eigenvalue weighted by Gasteiger charge is 2.17. The van der Waals surface area contributed by atoms with Crippen LogP contribution >= 0.6 is 0 Å². The SMILES string of the molecule is CCN(Cc1ccc2c(c1)OCCCO2)C(C)CC(=O)O. The molecule has 1 heterocycles.